The Labute approximate surface area is 168 Å². The van der Waals surface area contributed by atoms with Crippen LogP contribution in [-0.2, 0) is 11.0 Å². The summed E-state index contributed by atoms with van der Waals surface area (Å²) in [4.78, 5) is 15.4. The predicted molar refractivity (Wildman–Crippen MR) is 102 cm³/mol. The molecule has 0 saturated carbocycles. The van der Waals surface area contributed by atoms with Crippen LogP contribution in [0.25, 0.3) is 0 Å². The summed E-state index contributed by atoms with van der Waals surface area (Å²) in [5.41, 5.74) is 4.73. The third-order valence-electron chi connectivity index (χ3n) is 3.86. The van der Waals surface area contributed by atoms with Crippen LogP contribution in [0.5, 0.6) is 0 Å². The average molecular weight is 440 g/mol. The molecule has 0 bridgehead atoms. The number of nitrogens with one attached hydrogen (secondary N) is 2. The Morgan fingerprint density at radius 2 is 1.85 bits per heavy atom. The van der Waals surface area contributed by atoms with E-state index in [-0.39, 0.29) is 54.5 Å². The van der Waals surface area contributed by atoms with E-state index in [2.05, 4.69) is 15.6 Å². The fourth-order valence-corrected chi connectivity index (χ4v) is 2.11. The van der Waals surface area contributed by atoms with Crippen LogP contribution in [0.3, 0.4) is 0 Å². The van der Waals surface area contributed by atoms with Crippen LogP contribution in [0.1, 0.15) is 38.7 Å². The first-order chi connectivity index (χ1) is 11.1. The van der Waals surface area contributed by atoms with Gasteiger partial charge in [0.05, 0.1) is 10.6 Å². The van der Waals surface area contributed by atoms with Crippen LogP contribution in [0, 0.1) is 0 Å². The molecule has 26 heavy (non-hydrogen) atoms. The van der Waals surface area contributed by atoms with Crippen LogP contribution >= 0.6 is 36.4 Å². The van der Waals surface area contributed by atoms with Crippen LogP contribution in [-0.4, -0.2) is 29.5 Å². The highest BCUT2D eigenvalue weighted by molar-refractivity contribution is 6.32. The largest absolute Gasteiger partial charge is 0.417 e. The van der Waals surface area contributed by atoms with Crippen molar-refractivity contribution in [1.82, 2.24) is 10.3 Å². The van der Waals surface area contributed by atoms with Gasteiger partial charge in [-0.1, -0.05) is 25.4 Å². The van der Waals surface area contributed by atoms with Crippen LogP contribution in [0.15, 0.2) is 12.3 Å². The standard InChI is InChI=1S/C15H22ClF3N4O.2ClH/c1-3-14(20,4-2)9-23-12(24)5-6-21-13-11(16)7-10(8-22-13)15(17,18)19;;/h7-8H,3-6,9,20H2,1-2H3,(H,21,22)(H,23,24);2*1H. The quantitative estimate of drug-likeness (QED) is 0.571. The van der Waals surface area contributed by atoms with Gasteiger partial charge in [0.25, 0.3) is 0 Å². The predicted octanol–water partition coefficient (Wildman–Crippen LogP) is 4.03. The lowest BCUT2D eigenvalue weighted by Crippen LogP contribution is -2.49. The third kappa shape index (κ3) is 8.62. The molecule has 0 unspecified atom stereocenters. The summed E-state index contributed by atoms with van der Waals surface area (Å²) in [6.45, 7) is 4.48. The van der Waals surface area contributed by atoms with E-state index in [4.69, 9.17) is 17.3 Å². The highest BCUT2D eigenvalue weighted by Crippen LogP contribution is 2.32. The fraction of sp³-hybridized carbons (Fsp3) is 0.600. The minimum Gasteiger partial charge on any atom is -0.368 e. The van der Waals surface area contributed by atoms with Crippen LogP contribution < -0.4 is 16.4 Å². The second-order valence-corrected chi connectivity index (χ2v) is 5.98. The van der Waals surface area contributed by atoms with Crippen LogP contribution in [0.2, 0.25) is 5.02 Å². The molecule has 1 aromatic heterocycles. The molecule has 4 N–H and O–H groups in total. The van der Waals surface area contributed by atoms with Crippen molar-refractivity contribution < 1.29 is 18.0 Å². The molecule has 5 nitrogen and oxygen atoms in total. The molecule has 1 aromatic rings. The first-order valence-electron chi connectivity index (χ1n) is 7.63. The first-order valence-corrected chi connectivity index (χ1v) is 8.01. The van der Waals surface area contributed by atoms with Crippen molar-refractivity contribution >= 4 is 48.1 Å². The van der Waals surface area contributed by atoms with Gasteiger partial charge in [-0.05, 0) is 18.9 Å². The number of carbonyl (C=O) groups excluding carboxylic acids is 1. The molecule has 0 aromatic carbocycles. The molecule has 0 atom stereocenters. The van der Waals surface area contributed by atoms with E-state index in [0.29, 0.717) is 12.7 Å². The van der Waals surface area contributed by atoms with E-state index in [1.807, 2.05) is 13.8 Å². The number of carbonyl (C=O) groups is 1. The number of hydrogen-bond acceptors (Lipinski definition) is 4. The van der Waals surface area contributed by atoms with Crippen molar-refractivity contribution in [2.45, 2.75) is 44.8 Å². The lowest BCUT2D eigenvalue weighted by atomic mass is 9.94. The Hall–Kier alpha value is -0.960. The van der Waals surface area contributed by atoms with Gasteiger partial charge in [-0.25, -0.2) is 4.98 Å². The van der Waals surface area contributed by atoms with Crippen molar-refractivity contribution in [3.8, 4) is 0 Å². The summed E-state index contributed by atoms with van der Waals surface area (Å²) >= 11 is 5.77. The fourth-order valence-electron chi connectivity index (χ4n) is 1.88. The summed E-state index contributed by atoms with van der Waals surface area (Å²) in [5.74, 6) is -0.102. The molecule has 152 valence electrons. The van der Waals surface area contributed by atoms with Gasteiger partial charge in [-0.15, -0.1) is 24.8 Å². The summed E-state index contributed by atoms with van der Waals surface area (Å²) in [6, 6.07) is 0.794. The summed E-state index contributed by atoms with van der Waals surface area (Å²) < 4.78 is 37.5. The maximum atomic E-state index is 12.5. The maximum Gasteiger partial charge on any atom is 0.417 e. The number of hydrogen-bond donors (Lipinski definition) is 3. The van der Waals surface area contributed by atoms with Gasteiger partial charge in [0, 0.05) is 31.2 Å². The van der Waals surface area contributed by atoms with Gasteiger partial charge in [0.15, 0.2) is 0 Å². The Bertz CT molecular complexity index is 570. The number of pyridine rings is 1. The Balaban J connectivity index is 0. The first kappa shape index (κ1) is 27.3. The number of amides is 1. The van der Waals surface area contributed by atoms with Gasteiger partial charge in [0.2, 0.25) is 5.91 Å². The maximum absolute atomic E-state index is 12.5. The van der Waals surface area contributed by atoms with Gasteiger partial charge < -0.3 is 16.4 Å². The molecule has 0 spiro atoms. The molecule has 1 amide bonds. The van der Waals surface area contributed by atoms with Gasteiger partial charge in [-0.3, -0.25) is 4.79 Å². The number of alkyl halides is 3. The Morgan fingerprint density at radius 3 is 2.31 bits per heavy atom. The second kappa shape index (κ2) is 11.7. The van der Waals surface area contributed by atoms with Gasteiger partial charge in [0.1, 0.15) is 5.82 Å². The molecule has 0 saturated heterocycles. The Morgan fingerprint density at radius 1 is 1.27 bits per heavy atom. The van der Waals surface area contributed by atoms with E-state index < -0.39 is 17.3 Å². The van der Waals surface area contributed by atoms with Crippen molar-refractivity contribution in [2.75, 3.05) is 18.4 Å². The number of anilines is 1. The van der Waals surface area contributed by atoms with E-state index >= 15 is 0 Å². The molecule has 1 rings (SSSR count). The summed E-state index contributed by atoms with van der Waals surface area (Å²) in [7, 11) is 0. The van der Waals surface area contributed by atoms with E-state index in [1.165, 1.54) is 0 Å². The smallest absolute Gasteiger partial charge is 0.368 e. The SMILES string of the molecule is CCC(N)(CC)CNC(=O)CCNc1ncc(C(F)(F)F)cc1Cl.Cl.Cl. The number of nitrogens with two attached hydrogens (primary N) is 1. The topological polar surface area (TPSA) is 80.0 Å². The molecule has 11 heteroatoms. The van der Waals surface area contributed by atoms with E-state index in [0.717, 1.165) is 18.9 Å². The van der Waals surface area contributed by atoms with E-state index in [1.54, 1.807) is 0 Å². The van der Waals surface area contributed by atoms with Crippen molar-refractivity contribution in [1.29, 1.82) is 0 Å². The Kier molecular flexibility index (Phi) is 12.3. The zero-order chi connectivity index (χ0) is 18.4. The lowest BCUT2D eigenvalue weighted by molar-refractivity contribution is -0.137. The molecular formula is C15H24Cl3F3N4O. The summed E-state index contributed by atoms with van der Waals surface area (Å²) in [5, 5.41) is 5.34. The van der Waals surface area contributed by atoms with Gasteiger partial charge >= 0.3 is 6.18 Å². The minimum absolute atomic E-state index is 0. The normalized spacial score (nSPS) is 11.2. The highest BCUT2D eigenvalue weighted by atomic mass is 35.5. The number of rotatable bonds is 8. The average Bonchev–Trinajstić information content (AvgIpc) is 2.53. The van der Waals surface area contributed by atoms with Crippen LogP contribution in [0.4, 0.5) is 19.0 Å². The molecule has 0 radical (unpaired) electrons. The summed E-state index contributed by atoms with van der Waals surface area (Å²) in [6.07, 6.45) is -2.19. The minimum atomic E-state index is -4.50. The monoisotopic (exact) mass is 438 g/mol. The molecular weight excluding hydrogens is 416 g/mol. The van der Waals surface area contributed by atoms with Crippen molar-refractivity contribution in [3.05, 3.63) is 22.8 Å². The number of halogens is 6. The highest BCUT2D eigenvalue weighted by Gasteiger charge is 2.31. The number of aromatic nitrogens is 1. The van der Waals surface area contributed by atoms with Crippen molar-refractivity contribution in [2.24, 2.45) is 5.73 Å². The third-order valence-corrected chi connectivity index (χ3v) is 4.15. The number of nitrogens with zero attached hydrogens (tertiary/aromatic N) is 1. The molecule has 1 heterocycles. The molecule has 0 fully saturated rings. The molecule has 0 aliphatic carbocycles. The second-order valence-electron chi connectivity index (χ2n) is 5.58. The van der Waals surface area contributed by atoms with Crippen molar-refractivity contribution in [3.63, 3.8) is 0 Å². The lowest BCUT2D eigenvalue weighted by Gasteiger charge is -2.26. The molecule has 0 aliphatic heterocycles. The molecule has 0 aliphatic rings. The zero-order valence-corrected chi connectivity index (χ0v) is 16.8. The van der Waals surface area contributed by atoms with E-state index in [9.17, 15) is 18.0 Å². The van der Waals surface area contributed by atoms with Gasteiger partial charge in [-0.2, -0.15) is 13.2 Å². The zero-order valence-electron chi connectivity index (χ0n) is 14.5.